The van der Waals surface area contributed by atoms with E-state index in [2.05, 4.69) is 0 Å². The van der Waals surface area contributed by atoms with Crippen LogP contribution in [0, 0.1) is 0 Å². The molecule has 0 radical (unpaired) electrons. The minimum absolute atomic E-state index is 0.646. The van der Waals surface area contributed by atoms with Crippen molar-refractivity contribution in [1.82, 2.24) is 0 Å². The molecule has 0 aliphatic rings. The van der Waals surface area contributed by atoms with Crippen molar-refractivity contribution in [2.45, 2.75) is 0 Å². The standard InChI is InChI=1S/C6H8N2.C2H2O4/c7-5-3-1-2-4-6(5)8;3-1(4)2(5)6/h1-4H,7-8H2;(H,3,4)(H,5,6). The highest BCUT2D eigenvalue weighted by Crippen LogP contribution is 2.10. The Morgan fingerprint density at radius 3 is 1.36 bits per heavy atom. The lowest BCUT2D eigenvalue weighted by molar-refractivity contribution is -0.159. The summed E-state index contributed by atoms with van der Waals surface area (Å²) in [6.45, 7) is 0. The molecule has 0 saturated carbocycles. The molecule has 6 nitrogen and oxygen atoms in total. The summed E-state index contributed by atoms with van der Waals surface area (Å²) in [4.78, 5) is 18.2. The van der Waals surface area contributed by atoms with Gasteiger partial charge in [-0.1, -0.05) is 12.1 Å². The first kappa shape index (κ1) is 11.8. The molecule has 0 aliphatic heterocycles. The first-order valence-electron chi connectivity index (χ1n) is 3.51. The van der Waals surface area contributed by atoms with E-state index >= 15 is 0 Å². The van der Waals surface area contributed by atoms with Crippen LogP contribution in [0.25, 0.3) is 0 Å². The summed E-state index contributed by atoms with van der Waals surface area (Å²) in [5, 5.41) is 14.8. The summed E-state index contributed by atoms with van der Waals surface area (Å²) in [6.07, 6.45) is 0. The molecular formula is C8H10N2O4. The molecule has 0 aromatic heterocycles. The second-order valence-electron chi connectivity index (χ2n) is 2.24. The average molecular weight is 198 g/mol. The van der Waals surface area contributed by atoms with Gasteiger partial charge in [-0.15, -0.1) is 0 Å². The number of benzene rings is 1. The van der Waals surface area contributed by atoms with Gasteiger partial charge in [0.1, 0.15) is 0 Å². The molecule has 0 spiro atoms. The van der Waals surface area contributed by atoms with Gasteiger partial charge in [0.15, 0.2) is 0 Å². The third-order valence-electron chi connectivity index (χ3n) is 1.18. The summed E-state index contributed by atoms with van der Waals surface area (Å²) >= 11 is 0. The van der Waals surface area contributed by atoms with Crippen LogP contribution in [0.1, 0.15) is 0 Å². The van der Waals surface area contributed by atoms with E-state index in [1.165, 1.54) is 0 Å². The molecule has 14 heavy (non-hydrogen) atoms. The number of rotatable bonds is 0. The van der Waals surface area contributed by atoms with Crippen LogP contribution in [0.3, 0.4) is 0 Å². The first-order valence-corrected chi connectivity index (χ1v) is 3.51. The van der Waals surface area contributed by atoms with Gasteiger partial charge in [-0.3, -0.25) is 0 Å². The van der Waals surface area contributed by atoms with Crippen LogP contribution in [0.2, 0.25) is 0 Å². The van der Waals surface area contributed by atoms with Crippen molar-refractivity contribution < 1.29 is 19.8 Å². The molecular weight excluding hydrogens is 188 g/mol. The van der Waals surface area contributed by atoms with Gasteiger partial charge < -0.3 is 21.7 Å². The smallest absolute Gasteiger partial charge is 0.414 e. The molecule has 6 heteroatoms. The van der Waals surface area contributed by atoms with E-state index in [1.807, 2.05) is 12.1 Å². The molecule has 1 aromatic rings. The molecule has 0 atom stereocenters. The molecule has 0 amide bonds. The monoisotopic (exact) mass is 198 g/mol. The van der Waals surface area contributed by atoms with E-state index in [-0.39, 0.29) is 0 Å². The lowest BCUT2D eigenvalue weighted by Crippen LogP contribution is -2.09. The summed E-state index contributed by atoms with van der Waals surface area (Å²) in [5.41, 5.74) is 12.1. The second kappa shape index (κ2) is 5.41. The van der Waals surface area contributed by atoms with Gasteiger partial charge in [0.25, 0.3) is 0 Å². The van der Waals surface area contributed by atoms with E-state index in [0.717, 1.165) is 0 Å². The third kappa shape index (κ3) is 4.60. The zero-order chi connectivity index (χ0) is 11.1. The maximum absolute atomic E-state index is 9.10. The summed E-state index contributed by atoms with van der Waals surface area (Å²) in [6, 6.07) is 7.25. The molecule has 0 bridgehead atoms. The number of para-hydroxylation sites is 2. The second-order valence-corrected chi connectivity index (χ2v) is 2.24. The summed E-state index contributed by atoms with van der Waals surface area (Å²) in [7, 11) is 0. The van der Waals surface area contributed by atoms with Gasteiger partial charge in [0.05, 0.1) is 11.4 Å². The van der Waals surface area contributed by atoms with E-state index in [0.29, 0.717) is 11.4 Å². The number of nitrogens with two attached hydrogens (primary N) is 2. The van der Waals surface area contributed by atoms with E-state index in [4.69, 9.17) is 31.3 Å². The van der Waals surface area contributed by atoms with Gasteiger partial charge in [-0.05, 0) is 12.1 Å². The van der Waals surface area contributed by atoms with Gasteiger partial charge in [0, 0.05) is 0 Å². The number of hydrogen-bond acceptors (Lipinski definition) is 4. The maximum atomic E-state index is 9.10. The quantitative estimate of drug-likeness (QED) is 0.343. The molecule has 0 saturated heterocycles. The Kier molecular flexibility index (Phi) is 4.55. The van der Waals surface area contributed by atoms with Crippen LogP contribution < -0.4 is 11.5 Å². The zero-order valence-corrected chi connectivity index (χ0v) is 7.18. The zero-order valence-electron chi connectivity index (χ0n) is 7.18. The van der Waals surface area contributed by atoms with Crippen molar-refractivity contribution in [2.75, 3.05) is 11.5 Å². The topological polar surface area (TPSA) is 127 Å². The molecule has 0 unspecified atom stereocenters. The number of carboxylic acid groups (broad SMARTS) is 2. The predicted octanol–water partition coefficient (Wildman–Crippen LogP) is 0.00660. The lowest BCUT2D eigenvalue weighted by Gasteiger charge is -1.94. The van der Waals surface area contributed by atoms with Gasteiger partial charge >= 0.3 is 11.9 Å². The number of aliphatic carboxylic acids is 2. The normalized spacial score (nSPS) is 8.29. The lowest BCUT2D eigenvalue weighted by atomic mass is 10.3. The highest BCUT2D eigenvalue weighted by Gasteiger charge is 2.04. The van der Waals surface area contributed by atoms with E-state index in [9.17, 15) is 0 Å². The van der Waals surface area contributed by atoms with Crippen molar-refractivity contribution in [3.8, 4) is 0 Å². The maximum Gasteiger partial charge on any atom is 0.414 e. The Morgan fingerprint density at radius 2 is 1.21 bits per heavy atom. The number of carboxylic acids is 2. The molecule has 1 aromatic carbocycles. The molecule has 0 heterocycles. The van der Waals surface area contributed by atoms with Crippen LogP contribution in [-0.4, -0.2) is 22.2 Å². The summed E-state index contributed by atoms with van der Waals surface area (Å²) in [5.74, 6) is -3.65. The number of nitrogen functional groups attached to an aromatic ring is 2. The van der Waals surface area contributed by atoms with E-state index in [1.54, 1.807) is 12.1 Å². The highest BCUT2D eigenvalue weighted by molar-refractivity contribution is 6.27. The minimum Gasteiger partial charge on any atom is -0.473 e. The summed E-state index contributed by atoms with van der Waals surface area (Å²) < 4.78 is 0. The fourth-order valence-corrected chi connectivity index (χ4v) is 0.511. The Hall–Kier alpha value is -2.24. The van der Waals surface area contributed by atoms with Gasteiger partial charge in [0.2, 0.25) is 0 Å². The Bertz CT molecular complexity index is 305. The van der Waals surface area contributed by atoms with Crippen LogP contribution in [0.15, 0.2) is 24.3 Å². The van der Waals surface area contributed by atoms with Crippen molar-refractivity contribution in [3.63, 3.8) is 0 Å². The predicted molar refractivity (Wildman–Crippen MR) is 50.5 cm³/mol. The molecule has 6 N–H and O–H groups in total. The average Bonchev–Trinajstić information content (AvgIpc) is 2.11. The fourth-order valence-electron chi connectivity index (χ4n) is 0.511. The number of hydrogen-bond donors (Lipinski definition) is 4. The molecule has 1 rings (SSSR count). The minimum atomic E-state index is -1.82. The Labute approximate surface area is 79.8 Å². The highest BCUT2D eigenvalue weighted by atomic mass is 16.4. The molecule has 76 valence electrons. The fraction of sp³-hybridized carbons (Fsp3) is 0. The largest absolute Gasteiger partial charge is 0.473 e. The van der Waals surface area contributed by atoms with E-state index < -0.39 is 11.9 Å². The van der Waals surface area contributed by atoms with Crippen LogP contribution in [-0.2, 0) is 9.59 Å². The number of anilines is 2. The van der Waals surface area contributed by atoms with Crippen LogP contribution in [0.4, 0.5) is 11.4 Å². The van der Waals surface area contributed by atoms with Crippen LogP contribution in [0.5, 0.6) is 0 Å². The van der Waals surface area contributed by atoms with Crippen molar-refractivity contribution in [3.05, 3.63) is 24.3 Å². The third-order valence-corrected chi connectivity index (χ3v) is 1.18. The Morgan fingerprint density at radius 1 is 0.929 bits per heavy atom. The van der Waals surface area contributed by atoms with Gasteiger partial charge in [-0.2, -0.15) is 0 Å². The number of carbonyl (C=O) groups is 2. The Balaban J connectivity index is 0.000000255. The van der Waals surface area contributed by atoms with Gasteiger partial charge in [-0.25, -0.2) is 9.59 Å². The van der Waals surface area contributed by atoms with Crippen molar-refractivity contribution in [1.29, 1.82) is 0 Å². The first-order chi connectivity index (χ1) is 6.45. The molecule has 0 fully saturated rings. The SMILES string of the molecule is Nc1ccccc1N.O=C(O)C(=O)O. The molecule has 0 aliphatic carbocycles. The van der Waals surface area contributed by atoms with Crippen molar-refractivity contribution >= 4 is 23.3 Å². The van der Waals surface area contributed by atoms with Crippen LogP contribution >= 0.6 is 0 Å². The van der Waals surface area contributed by atoms with Crippen molar-refractivity contribution in [2.24, 2.45) is 0 Å².